The lowest BCUT2D eigenvalue weighted by molar-refractivity contribution is -0.122. The highest BCUT2D eigenvalue weighted by Crippen LogP contribution is 2.39. The summed E-state index contributed by atoms with van der Waals surface area (Å²) in [6.45, 7) is 0. The Hall–Kier alpha value is -1.56. The molecule has 0 atom stereocenters. The van der Waals surface area contributed by atoms with Crippen LogP contribution in [0.1, 0.15) is 25.7 Å². The minimum Gasteiger partial charge on any atom is -0.392 e. The Bertz CT molecular complexity index is 486. The van der Waals surface area contributed by atoms with Crippen molar-refractivity contribution in [2.75, 3.05) is 5.32 Å². The first kappa shape index (κ1) is 12.9. The Kier molecular flexibility index (Phi) is 3.56. The van der Waals surface area contributed by atoms with Crippen LogP contribution in [0.3, 0.4) is 0 Å². The summed E-state index contributed by atoms with van der Waals surface area (Å²) in [7, 11) is 0. The van der Waals surface area contributed by atoms with Crippen molar-refractivity contribution >= 4 is 28.8 Å². The molecule has 0 aromatic carbocycles. The molecule has 3 N–H and O–H groups in total. The van der Waals surface area contributed by atoms with E-state index < -0.39 is 11.2 Å². The van der Waals surface area contributed by atoms with Crippen molar-refractivity contribution in [2.45, 2.75) is 25.7 Å². The zero-order chi connectivity index (χ0) is 13.2. The summed E-state index contributed by atoms with van der Waals surface area (Å²) >= 11 is 5.00. The zero-order valence-electron chi connectivity index (χ0n) is 9.78. The van der Waals surface area contributed by atoms with Crippen LogP contribution in [0.25, 0.3) is 0 Å². The van der Waals surface area contributed by atoms with Crippen LogP contribution in [0.2, 0.25) is 0 Å². The lowest BCUT2D eigenvalue weighted by Crippen LogP contribution is -2.44. The molecule has 0 unspecified atom stereocenters. The Morgan fingerprint density at radius 2 is 2.17 bits per heavy atom. The van der Waals surface area contributed by atoms with E-state index in [9.17, 15) is 9.18 Å². The number of hydrogen-bond acceptors (Lipinski definition) is 3. The van der Waals surface area contributed by atoms with E-state index in [4.69, 9.17) is 18.0 Å². The number of carbonyl (C=O) groups is 1. The van der Waals surface area contributed by atoms with E-state index in [1.165, 1.54) is 12.3 Å². The maximum atomic E-state index is 13.4. The number of hydrogen-bond donors (Lipinski definition) is 2. The molecule has 1 aliphatic carbocycles. The first-order valence-electron chi connectivity index (χ1n) is 5.77. The fraction of sp³-hybridized carbons (Fsp3) is 0.417. The topological polar surface area (TPSA) is 68.0 Å². The van der Waals surface area contributed by atoms with E-state index in [1.54, 1.807) is 0 Å². The smallest absolute Gasteiger partial charge is 0.237 e. The fourth-order valence-corrected chi connectivity index (χ4v) is 2.58. The predicted molar refractivity (Wildman–Crippen MR) is 70.5 cm³/mol. The molecule has 1 saturated carbocycles. The first-order chi connectivity index (χ1) is 8.56. The highest BCUT2D eigenvalue weighted by atomic mass is 32.1. The number of thiocarbonyl (C=S) groups is 1. The fourth-order valence-electron chi connectivity index (χ4n) is 2.28. The van der Waals surface area contributed by atoms with Gasteiger partial charge in [0.05, 0.1) is 22.3 Å². The number of nitrogens with two attached hydrogens (primary N) is 1. The molecule has 1 aromatic heterocycles. The molecule has 1 heterocycles. The summed E-state index contributed by atoms with van der Waals surface area (Å²) in [4.78, 5) is 16.1. The Morgan fingerprint density at radius 3 is 2.72 bits per heavy atom. The van der Waals surface area contributed by atoms with Gasteiger partial charge in [-0.25, -0.2) is 4.39 Å². The van der Waals surface area contributed by atoms with Gasteiger partial charge in [0.1, 0.15) is 0 Å². The molecule has 1 amide bonds. The van der Waals surface area contributed by atoms with Crippen molar-refractivity contribution in [3.05, 3.63) is 24.3 Å². The summed E-state index contributed by atoms with van der Waals surface area (Å²) in [5.74, 6) is -0.889. The summed E-state index contributed by atoms with van der Waals surface area (Å²) < 4.78 is 13.4. The van der Waals surface area contributed by atoms with Crippen LogP contribution in [0, 0.1) is 11.2 Å². The van der Waals surface area contributed by atoms with E-state index in [2.05, 4.69) is 10.3 Å². The van der Waals surface area contributed by atoms with Crippen molar-refractivity contribution in [2.24, 2.45) is 11.1 Å². The van der Waals surface area contributed by atoms with Crippen molar-refractivity contribution in [1.29, 1.82) is 0 Å². The van der Waals surface area contributed by atoms with Gasteiger partial charge in [-0.1, -0.05) is 25.1 Å². The van der Waals surface area contributed by atoms with Gasteiger partial charge in [0.15, 0.2) is 5.82 Å². The third-order valence-corrected chi connectivity index (χ3v) is 3.77. The Morgan fingerprint density at radius 1 is 1.50 bits per heavy atom. The zero-order valence-corrected chi connectivity index (χ0v) is 10.6. The van der Waals surface area contributed by atoms with Gasteiger partial charge in [-0.3, -0.25) is 9.78 Å². The van der Waals surface area contributed by atoms with Crippen LogP contribution in [-0.4, -0.2) is 15.9 Å². The average molecular weight is 267 g/mol. The molecule has 6 heteroatoms. The molecule has 0 radical (unpaired) electrons. The summed E-state index contributed by atoms with van der Waals surface area (Å²) in [6, 6.07) is 1.41. The van der Waals surface area contributed by atoms with Gasteiger partial charge in [0.2, 0.25) is 5.91 Å². The maximum absolute atomic E-state index is 13.4. The summed E-state index contributed by atoms with van der Waals surface area (Å²) in [5, 5.41) is 2.55. The van der Waals surface area contributed by atoms with Gasteiger partial charge in [-0.05, 0) is 18.9 Å². The van der Waals surface area contributed by atoms with Gasteiger partial charge in [-0.15, -0.1) is 0 Å². The highest BCUT2D eigenvalue weighted by Gasteiger charge is 2.44. The van der Waals surface area contributed by atoms with Crippen LogP contribution < -0.4 is 11.1 Å². The molecule has 96 valence electrons. The number of carbonyl (C=O) groups excluding carboxylic acids is 1. The molecule has 2 rings (SSSR count). The maximum Gasteiger partial charge on any atom is 0.237 e. The molecule has 1 fully saturated rings. The molecule has 4 nitrogen and oxygen atoms in total. The minimum absolute atomic E-state index is 0.109. The standard InChI is InChI=1S/C12H14FN3OS/c13-8-7-15-6-3-9(8)16-11(17)12(10(14)18)4-1-2-5-12/h3,6-7H,1-2,4-5H2,(H2,14,18)(H,15,16,17). The third-order valence-electron chi connectivity index (χ3n) is 3.38. The van der Waals surface area contributed by atoms with E-state index >= 15 is 0 Å². The quantitative estimate of drug-likeness (QED) is 0.822. The predicted octanol–water partition coefficient (Wildman–Crippen LogP) is 2.01. The largest absolute Gasteiger partial charge is 0.392 e. The van der Waals surface area contributed by atoms with Gasteiger partial charge in [0.25, 0.3) is 0 Å². The normalized spacial score (nSPS) is 17.4. The van der Waals surface area contributed by atoms with Crippen molar-refractivity contribution in [1.82, 2.24) is 4.98 Å². The molecular weight excluding hydrogens is 253 g/mol. The molecule has 0 aliphatic heterocycles. The van der Waals surface area contributed by atoms with Gasteiger partial charge >= 0.3 is 0 Å². The number of amides is 1. The van der Waals surface area contributed by atoms with E-state index in [1.807, 2.05) is 0 Å². The summed E-state index contributed by atoms with van der Waals surface area (Å²) in [5.41, 5.74) is 4.97. The van der Waals surface area contributed by atoms with Crippen molar-refractivity contribution < 1.29 is 9.18 Å². The molecular formula is C12H14FN3OS. The molecule has 1 aliphatic rings. The minimum atomic E-state index is -0.828. The second-order valence-electron chi connectivity index (χ2n) is 4.46. The molecule has 1 aromatic rings. The molecule has 0 bridgehead atoms. The van der Waals surface area contributed by atoms with Crippen LogP contribution in [0.5, 0.6) is 0 Å². The lowest BCUT2D eigenvalue weighted by atomic mass is 9.85. The molecule has 18 heavy (non-hydrogen) atoms. The lowest BCUT2D eigenvalue weighted by Gasteiger charge is -2.26. The first-order valence-corrected chi connectivity index (χ1v) is 6.18. The van der Waals surface area contributed by atoms with Crippen LogP contribution in [0.4, 0.5) is 10.1 Å². The SMILES string of the molecule is NC(=S)C1(C(=O)Nc2ccncc2F)CCCC1. The van der Waals surface area contributed by atoms with Crippen molar-refractivity contribution in [3.8, 4) is 0 Å². The Balaban J connectivity index is 2.21. The number of nitrogens with one attached hydrogen (secondary N) is 1. The van der Waals surface area contributed by atoms with Crippen LogP contribution >= 0.6 is 12.2 Å². The number of aromatic nitrogens is 1. The molecule has 0 saturated heterocycles. The van der Waals surface area contributed by atoms with E-state index in [0.717, 1.165) is 19.0 Å². The second kappa shape index (κ2) is 4.97. The van der Waals surface area contributed by atoms with E-state index in [-0.39, 0.29) is 16.6 Å². The number of pyridine rings is 1. The Labute approximate surface area is 110 Å². The number of nitrogens with zero attached hydrogens (tertiary/aromatic N) is 1. The highest BCUT2D eigenvalue weighted by molar-refractivity contribution is 7.80. The molecule has 0 spiro atoms. The average Bonchev–Trinajstić information content (AvgIpc) is 2.82. The number of anilines is 1. The second-order valence-corrected chi connectivity index (χ2v) is 4.90. The third kappa shape index (κ3) is 2.20. The van der Waals surface area contributed by atoms with Gasteiger partial charge < -0.3 is 11.1 Å². The van der Waals surface area contributed by atoms with Crippen molar-refractivity contribution in [3.63, 3.8) is 0 Å². The number of halogens is 1. The number of rotatable bonds is 3. The monoisotopic (exact) mass is 267 g/mol. The van der Waals surface area contributed by atoms with Crippen LogP contribution in [-0.2, 0) is 4.79 Å². The van der Waals surface area contributed by atoms with Crippen LogP contribution in [0.15, 0.2) is 18.5 Å². The van der Waals surface area contributed by atoms with E-state index in [0.29, 0.717) is 12.8 Å². The van der Waals surface area contributed by atoms with Gasteiger partial charge in [-0.2, -0.15) is 0 Å². The van der Waals surface area contributed by atoms with Gasteiger partial charge in [0, 0.05) is 6.20 Å². The summed E-state index contributed by atoms with van der Waals surface area (Å²) in [6.07, 6.45) is 5.54.